The Kier molecular flexibility index (Phi) is 12.3. The van der Waals surface area contributed by atoms with E-state index in [4.69, 9.17) is 29.5 Å². The van der Waals surface area contributed by atoms with Crippen LogP contribution in [0.4, 0.5) is 0 Å². The molecule has 0 unspecified atom stereocenters. The maximum Gasteiger partial charge on any atom is 0.424 e. The molecule has 13 nitrogen and oxygen atoms in total. The highest BCUT2D eigenvalue weighted by Gasteiger charge is 2.87. The summed E-state index contributed by atoms with van der Waals surface area (Å²) < 4.78 is 30.0. The number of aryl methyl sites for hydroxylation is 2. The van der Waals surface area contributed by atoms with Gasteiger partial charge in [-0.05, 0) is 158 Å². The van der Waals surface area contributed by atoms with Crippen LogP contribution in [0.15, 0.2) is 43.9 Å². The van der Waals surface area contributed by atoms with Crippen molar-refractivity contribution < 1.29 is 35.5 Å². The summed E-state index contributed by atoms with van der Waals surface area (Å²) in [6, 6.07) is 0. The number of ether oxygens (including phenoxy) is 1. The summed E-state index contributed by atoms with van der Waals surface area (Å²) in [6.07, 6.45) is 18.7. The van der Waals surface area contributed by atoms with Crippen LogP contribution < -0.4 is 0 Å². The number of rotatable bonds is 2. The van der Waals surface area contributed by atoms with Crippen molar-refractivity contribution in [2.24, 2.45) is 89.7 Å². The Labute approximate surface area is 486 Å². The molecular weight excluding hydrogens is 1010 g/mol. The van der Waals surface area contributed by atoms with E-state index >= 15 is 0 Å². The highest BCUT2D eigenvalue weighted by Crippen LogP contribution is 2.79. The molecule has 0 bridgehead atoms. The Morgan fingerprint density at radius 3 is 1.47 bits per heavy atom. The minimum atomic E-state index is -1.40. The van der Waals surface area contributed by atoms with Crippen LogP contribution in [0.2, 0.25) is 0 Å². The third kappa shape index (κ3) is 7.20. The number of hydrogen-bond donors (Lipinski definition) is 0. The summed E-state index contributed by atoms with van der Waals surface area (Å²) in [7, 11) is 2.50. The van der Waals surface area contributed by atoms with Crippen LogP contribution in [-0.2, 0) is 34.7 Å². The molecule has 2 aromatic rings. The van der Waals surface area contributed by atoms with Gasteiger partial charge >= 0.3 is 5.72 Å². The maximum atomic E-state index is 14.7. The molecule has 0 spiro atoms. The summed E-state index contributed by atoms with van der Waals surface area (Å²) in [5, 5.41) is 17.6. The Hall–Kier alpha value is -4.88. The molecule has 8 fully saturated rings. The van der Waals surface area contributed by atoms with Crippen LogP contribution in [0.25, 0.3) is 9.69 Å². The fraction of sp³-hybridized carbons (Fsp3) is 0.765. The van der Waals surface area contributed by atoms with E-state index in [1.165, 1.54) is 14.8 Å². The molecule has 16 atom stereocenters. The van der Waals surface area contributed by atoms with Gasteiger partial charge in [-0.25, -0.2) is 11.4 Å². The predicted octanol–water partition coefficient (Wildman–Crippen LogP) is 14.9. The van der Waals surface area contributed by atoms with Crippen LogP contribution in [0.5, 0.6) is 0 Å². The van der Waals surface area contributed by atoms with E-state index in [1.807, 2.05) is 59.8 Å². The summed E-state index contributed by atoms with van der Waals surface area (Å²) in [4.78, 5) is 63.6. The van der Waals surface area contributed by atoms with E-state index in [-0.39, 0.29) is 108 Å². The molecule has 0 amide bonds. The molecule has 11 aliphatic rings. The lowest BCUT2D eigenvalue weighted by atomic mass is 9.33. The molecule has 7 saturated carbocycles. The molecule has 10 aliphatic carbocycles. The van der Waals surface area contributed by atoms with Crippen LogP contribution in [-0.4, -0.2) is 55.4 Å². The van der Waals surface area contributed by atoms with Crippen molar-refractivity contribution in [2.45, 2.75) is 238 Å². The van der Waals surface area contributed by atoms with Gasteiger partial charge in [0.1, 0.15) is 0 Å². The summed E-state index contributed by atoms with van der Waals surface area (Å²) >= 11 is 0. The van der Waals surface area contributed by atoms with Crippen LogP contribution >= 0.6 is 0 Å². The van der Waals surface area contributed by atoms with Crippen molar-refractivity contribution in [3.63, 3.8) is 0 Å². The monoisotopic (exact) mass is 1110 g/mol. The standard InChI is InChI=1S/C33H43N3O4.C33H43N3O3.2CH4/c1-18-35-36-26(39-18)32-14-12-27(2,3)17-19(32)23-20(37)16-22-29(6,30(23,7)13-15-32)11-10-21-28(4,5)24(38)33(34-9)25(40-33)31(21,22)8;1-19-35-36-27(39-19)33-14-12-28(2,3)17-20(33)25-22(37)16-24-30(6)18-21(34-9)26(38)29(4,5)23(30)10-11-31(24,7)32(25,8)13-15-33;;/h16,19,21,23,25H,10-15,17H2,1-8H3;16,18,20,23,25H,10-15,17H2,1-8H3;2*1H4/t19-,21-,23-,25+,29+,30+,31-,32-,33-;20-,23-,25-,30-,31+,32+,33-;;/m00../s1/i;;2*1T. The highest BCUT2D eigenvalue weighted by molar-refractivity contribution is 6.03. The third-order valence-corrected chi connectivity index (χ3v) is 26.4. The first-order valence-corrected chi connectivity index (χ1v) is 30.0. The number of fused-ring (bicyclic) bond motifs is 16. The number of epoxide rings is 1. The Balaban J connectivity index is 0.000000175. The van der Waals surface area contributed by atoms with E-state index in [0.717, 1.165) is 113 Å². The van der Waals surface area contributed by atoms with Crippen molar-refractivity contribution in [3.8, 4) is 0 Å². The summed E-state index contributed by atoms with van der Waals surface area (Å²) in [5.74, 6) is 2.94. The Bertz CT molecular complexity index is 3260. The zero-order chi connectivity index (χ0) is 61.3. The highest BCUT2D eigenvalue weighted by atomic mass is 16.6. The van der Waals surface area contributed by atoms with Gasteiger partial charge in [-0.2, -0.15) is 0 Å². The number of carbonyl (C=O) groups excluding carboxylic acids is 4. The molecule has 3 heterocycles. The van der Waals surface area contributed by atoms with E-state index in [2.05, 4.69) is 99.3 Å². The van der Waals surface area contributed by atoms with Gasteiger partial charge in [0.25, 0.3) is 5.78 Å². The van der Waals surface area contributed by atoms with Crippen molar-refractivity contribution in [1.29, 1.82) is 0 Å². The predicted molar refractivity (Wildman–Crippen MR) is 309 cm³/mol. The zero-order valence-corrected chi connectivity index (χ0v) is 52.2. The number of hydrogen-bond acceptors (Lipinski definition) is 11. The Morgan fingerprint density at radius 1 is 0.580 bits per heavy atom. The molecule has 1 aliphatic heterocycles. The van der Waals surface area contributed by atoms with Gasteiger partial charge in [-0.3, -0.25) is 24.0 Å². The second-order valence-corrected chi connectivity index (χ2v) is 31.7. The number of nitrogens with zero attached hydrogens (tertiary/aromatic N) is 6. The molecule has 13 rings (SSSR count). The quantitative estimate of drug-likeness (QED) is 0.207. The second-order valence-electron chi connectivity index (χ2n) is 31.7. The SMILES string of the molecule is [3H]C.[3H]C.[C-]#[N+]C1=C[C@]2(C)C3=CC(=O)[C@@H]4[C@@H]5CC(C)(C)CC[C@]5(c5nnc(C)o5)CC[C@@]4(C)[C@]3(C)CC[C@H]2C(C)(C)C1=O.[C-]#[N+][C@@]12O[C@@H]1[C@]1(C)C3=CC(=O)[C@@H]4[C@@H]5CC(C)(C)CC[C@]5(c5nnc(C)o5)CC[C@@]4(C)[C@]3(C)CC[C@H]1C(C)(C)C2=O. The number of aromatic nitrogens is 4. The number of carbonyl (C=O) groups is 4. The van der Waals surface area contributed by atoms with Crippen LogP contribution in [0, 0.1) is 117 Å². The minimum Gasteiger partial charge on any atom is -0.425 e. The first-order valence-electron chi connectivity index (χ1n) is 32.0. The molecule has 81 heavy (non-hydrogen) atoms. The van der Waals surface area contributed by atoms with E-state index < -0.39 is 33.5 Å². The lowest BCUT2D eigenvalue weighted by molar-refractivity contribution is -0.166. The van der Waals surface area contributed by atoms with E-state index in [1.54, 1.807) is 0 Å². The number of allylic oxidation sites excluding steroid dienone is 5. The van der Waals surface area contributed by atoms with E-state index in [0.29, 0.717) is 11.8 Å². The Morgan fingerprint density at radius 2 is 1.02 bits per heavy atom. The van der Waals surface area contributed by atoms with Gasteiger partial charge in [0, 0.05) is 50.1 Å². The average Bonchev–Trinajstić information content (AvgIpc) is 1.65. The van der Waals surface area contributed by atoms with Gasteiger partial charge in [-0.15, -0.1) is 20.4 Å². The normalized spacial score (nSPS) is 46.0. The lowest BCUT2D eigenvalue weighted by Gasteiger charge is -2.69. The van der Waals surface area contributed by atoms with Gasteiger partial charge in [0.15, 0.2) is 23.5 Å². The molecule has 0 N–H and O–H groups in total. The number of ketones is 4. The van der Waals surface area contributed by atoms with Crippen molar-refractivity contribution >= 4 is 23.1 Å². The van der Waals surface area contributed by atoms with Gasteiger partial charge in [0.05, 0.1) is 17.4 Å². The molecule has 0 aromatic carbocycles. The number of Topliss-reactive ketones (excluding diaryl/α,β-unsaturated/α-hetero) is 2. The molecule has 0 radical (unpaired) electrons. The van der Waals surface area contributed by atoms with Gasteiger partial charge in [0.2, 0.25) is 29.3 Å². The first-order chi connectivity index (χ1) is 38.6. The van der Waals surface area contributed by atoms with Crippen molar-refractivity contribution in [3.05, 3.63) is 81.5 Å². The lowest BCUT2D eigenvalue weighted by Crippen LogP contribution is -2.67. The van der Waals surface area contributed by atoms with Crippen LogP contribution in [0.3, 0.4) is 0 Å². The fourth-order valence-electron chi connectivity index (χ4n) is 21.8. The molecule has 438 valence electrons. The van der Waals surface area contributed by atoms with E-state index in [9.17, 15) is 19.2 Å². The first kappa shape index (κ1) is 56.6. The van der Waals surface area contributed by atoms with Crippen molar-refractivity contribution in [2.75, 3.05) is 0 Å². The van der Waals surface area contributed by atoms with Gasteiger partial charge in [-0.1, -0.05) is 129 Å². The summed E-state index contributed by atoms with van der Waals surface area (Å²) in [5.41, 5.74) is -2.52. The zero-order valence-electron chi connectivity index (χ0n) is 54.2. The van der Waals surface area contributed by atoms with Gasteiger partial charge < -0.3 is 13.6 Å². The average molecular weight is 1110 g/mol. The van der Waals surface area contributed by atoms with Crippen molar-refractivity contribution in [1.82, 2.24) is 20.4 Å². The fourth-order valence-corrected chi connectivity index (χ4v) is 21.8. The largest absolute Gasteiger partial charge is 0.425 e. The molecule has 2 aromatic heterocycles. The smallest absolute Gasteiger partial charge is 0.424 e. The van der Waals surface area contributed by atoms with Crippen LogP contribution in [0.1, 0.15) is 228 Å². The minimum absolute atomic E-state index is 0.0276. The summed E-state index contributed by atoms with van der Waals surface area (Å²) in [6.45, 7) is 50.6. The third-order valence-electron chi connectivity index (χ3n) is 26.4. The topological polar surface area (TPSA) is 167 Å². The molecular formula is C68H94N6O7. The molecule has 1 saturated heterocycles. The molecule has 13 heteroatoms. The second kappa shape index (κ2) is 17.6. The maximum absolute atomic E-state index is 14.7.